The smallest absolute Gasteiger partial charge is 0.00817 e. The molecule has 122 valence electrons. The Morgan fingerprint density at radius 3 is 2.29 bits per heavy atom. The zero-order chi connectivity index (χ0) is 14.5. The monoisotopic (exact) mass is 292 g/mol. The van der Waals surface area contributed by atoms with Crippen LogP contribution < -0.4 is 10.6 Å². The van der Waals surface area contributed by atoms with Gasteiger partial charge in [0, 0.05) is 6.04 Å². The molecule has 0 aromatic carbocycles. The first-order valence-corrected chi connectivity index (χ1v) is 9.77. The summed E-state index contributed by atoms with van der Waals surface area (Å²) in [5.74, 6) is 4.18. The van der Waals surface area contributed by atoms with Crippen LogP contribution in [0.1, 0.15) is 71.1 Å². The number of nitrogens with one attached hydrogen (secondary N) is 2. The molecule has 2 N–H and O–H groups in total. The Bertz CT molecular complexity index is 288. The van der Waals surface area contributed by atoms with E-state index in [4.69, 9.17) is 0 Å². The van der Waals surface area contributed by atoms with Gasteiger partial charge in [-0.1, -0.05) is 26.2 Å². The number of piperidine rings is 1. The highest BCUT2D eigenvalue weighted by molar-refractivity contribution is 4.85. The van der Waals surface area contributed by atoms with Crippen LogP contribution in [-0.2, 0) is 0 Å². The molecule has 2 saturated heterocycles. The van der Waals surface area contributed by atoms with Gasteiger partial charge in [0.2, 0.25) is 0 Å². The van der Waals surface area contributed by atoms with Crippen LogP contribution in [0, 0.1) is 23.7 Å². The molecule has 0 bridgehead atoms. The molecule has 0 spiro atoms. The summed E-state index contributed by atoms with van der Waals surface area (Å²) in [4.78, 5) is 0. The molecule has 0 amide bonds. The molecule has 3 fully saturated rings. The topological polar surface area (TPSA) is 24.1 Å². The zero-order valence-electron chi connectivity index (χ0n) is 14.1. The van der Waals surface area contributed by atoms with Crippen molar-refractivity contribution in [1.29, 1.82) is 0 Å². The van der Waals surface area contributed by atoms with Gasteiger partial charge < -0.3 is 10.6 Å². The van der Waals surface area contributed by atoms with Gasteiger partial charge in [-0.05, 0) is 88.3 Å². The maximum absolute atomic E-state index is 3.63. The van der Waals surface area contributed by atoms with E-state index in [9.17, 15) is 0 Å². The lowest BCUT2D eigenvalue weighted by Gasteiger charge is -2.39. The van der Waals surface area contributed by atoms with Crippen LogP contribution in [0.3, 0.4) is 0 Å². The van der Waals surface area contributed by atoms with Gasteiger partial charge in [0.05, 0.1) is 0 Å². The molecule has 0 radical (unpaired) electrons. The highest BCUT2D eigenvalue weighted by Crippen LogP contribution is 2.42. The van der Waals surface area contributed by atoms with Gasteiger partial charge in [0.1, 0.15) is 0 Å². The molecule has 1 saturated carbocycles. The SMILES string of the molecule is CCC1CC(CC(CCC2CCNCC2)CC2CCN2)C1. The van der Waals surface area contributed by atoms with E-state index in [-0.39, 0.29) is 0 Å². The summed E-state index contributed by atoms with van der Waals surface area (Å²) >= 11 is 0. The average Bonchev–Trinajstić information content (AvgIpc) is 2.43. The van der Waals surface area contributed by atoms with Gasteiger partial charge in [0.25, 0.3) is 0 Å². The molecule has 2 nitrogen and oxygen atoms in total. The summed E-state index contributed by atoms with van der Waals surface area (Å²) in [5.41, 5.74) is 0. The zero-order valence-corrected chi connectivity index (χ0v) is 14.1. The summed E-state index contributed by atoms with van der Waals surface area (Å²) in [6.45, 7) is 6.17. The largest absolute Gasteiger partial charge is 0.317 e. The summed E-state index contributed by atoms with van der Waals surface area (Å²) in [6, 6.07) is 0.866. The second-order valence-electron chi connectivity index (χ2n) is 8.16. The van der Waals surface area contributed by atoms with E-state index in [1.807, 2.05) is 0 Å². The van der Waals surface area contributed by atoms with E-state index in [2.05, 4.69) is 17.6 Å². The van der Waals surface area contributed by atoms with E-state index in [0.29, 0.717) is 0 Å². The molecule has 3 rings (SSSR count). The lowest BCUT2D eigenvalue weighted by molar-refractivity contribution is 0.135. The molecule has 2 aliphatic heterocycles. The van der Waals surface area contributed by atoms with Crippen molar-refractivity contribution < 1.29 is 0 Å². The van der Waals surface area contributed by atoms with Crippen molar-refractivity contribution in [3.63, 3.8) is 0 Å². The van der Waals surface area contributed by atoms with Gasteiger partial charge in [-0.3, -0.25) is 0 Å². The van der Waals surface area contributed by atoms with Crippen molar-refractivity contribution in [2.24, 2.45) is 23.7 Å². The molecule has 2 heterocycles. The van der Waals surface area contributed by atoms with Crippen LogP contribution in [0.15, 0.2) is 0 Å². The Hall–Kier alpha value is -0.0800. The highest BCUT2D eigenvalue weighted by atomic mass is 15.0. The van der Waals surface area contributed by atoms with Crippen molar-refractivity contribution in [1.82, 2.24) is 10.6 Å². The maximum atomic E-state index is 3.63. The summed E-state index contributed by atoms with van der Waals surface area (Å²) in [5, 5.41) is 7.14. The Kier molecular flexibility index (Phi) is 5.99. The first kappa shape index (κ1) is 15.8. The van der Waals surface area contributed by atoms with Crippen molar-refractivity contribution >= 4 is 0 Å². The highest BCUT2D eigenvalue weighted by Gasteiger charge is 2.31. The van der Waals surface area contributed by atoms with Crippen LogP contribution in [-0.4, -0.2) is 25.7 Å². The number of hydrogen-bond acceptors (Lipinski definition) is 2. The normalized spacial score (nSPS) is 35.0. The third kappa shape index (κ3) is 4.69. The second kappa shape index (κ2) is 7.97. The van der Waals surface area contributed by atoms with E-state index < -0.39 is 0 Å². The first-order valence-electron chi connectivity index (χ1n) is 9.77. The van der Waals surface area contributed by atoms with Gasteiger partial charge >= 0.3 is 0 Å². The lowest BCUT2D eigenvalue weighted by Crippen LogP contribution is -2.44. The summed E-state index contributed by atoms with van der Waals surface area (Å²) < 4.78 is 0. The maximum Gasteiger partial charge on any atom is 0.00817 e. The minimum atomic E-state index is 0.866. The molecule has 3 aliphatic rings. The van der Waals surface area contributed by atoms with Crippen molar-refractivity contribution in [3.8, 4) is 0 Å². The van der Waals surface area contributed by atoms with E-state index in [1.165, 1.54) is 64.6 Å². The second-order valence-corrected chi connectivity index (χ2v) is 8.16. The van der Waals surface area contributed by atoms with Gasteiger partial charge in [-0.15, -0.1) is 0 Å². The number of hydrogen-bond donors (Lipinski definition) is 2. The fraction of sp³-hybridized carbons (Fsp3) is 1.00. The van der Waals surface area contributed by atoms with Gasteiger partial charge in [0.15, 0.2) is 0 Å². The molecule has 1 aliphatic carbocycles. The van der Waals surface area contributed by atoms with E-state index >= 15 is 0 Å². The van der Waals surface area contributed by atoms with Gasteiger partial charge in [-0.2, -0.15) is 0 Å². The predicted molar refractivity (Wildman–Crippen MR) is 90.5 cm³/mol. The minimum Gasteiger partial charge on any atom is -0.317 e. The Labute approximate surface area is 131 Å². The lowest BCUT2D eigenvalue weighted by atomic mass is 9.68. The fourth-order valence-electron chi connectivity index (χ4n) is 4.80. The standard InChI is InChI=1S/C19H36N2/c1-2-15-11-18(12-15)13-17(14-19-7-10-21-19)4-3-16-5-8-20-9-6-16/h15-21H,2-14H2,1H3. The predicted octanol–water partition coefficient (Wildman–Crippen LogP) is 3.96. The summed E-state index contributed by atoms with van der Waals surface area (Å²) in [6.07, 6.45) is 14.8. The molecular weight excluding hydrogens is 256 g/mol. The average molecular weight is 293 g/mol. The Morgan fingerprint density at radius 2 is 1.67 bits per heavy atom. The van der Waals surface area contributed by atoms with Crippen molar-refractivity contribution in [2.75, 3.05) is 19.6 Å². The van der Waals surface area contributed by atoms with Crippen LogP contribution >= 0.6 is 0 Å². The molecular formula is C19H36N2. The van der Waals surface area contributed by atoms with Crippen molar-refractivity contribution in [3.05, 3.63) is 0 Å². The van der Waals surface area contributed by atoms with Crippen LogP contribution in [0.4, 0.5) is 0 Å². The molecule has 2 unspecified atom stereocenters. The van der Waals surface area contributed by atoms with Gasteiger partial charge in [-0.25, -0.2) is 0 Å². The minimum absolute atomic E-state index is 0.866. The van der Waals surface area contributed by atoms with Crippen molar-refractivity contribution in [2.45, 2.75) is 77.2 Å². The Balaban J connectivity index is 1.40. The third-order valence-corrected chi connectivity index (χ3v) is 6.56. The third-order valence-electron chi connectivity index (χ3n) is 6.56. The summed E-state index contributed by atoms with van der Waals surface area (Å²) in [7, 11) is 0. The molecule has 0 aromatic rings. The quantitative estimate of drug-likeness (QED) is 0.707. The van der Waals surface area contributed by atoms with Crippen LogP contribution in [0.25, 0.3) is 0 Å². The van der Waals surface area contributed by atoms with Crippen LogP contribution in [0.2, 0.25) is 0 Å². The molecule has 21 heavy (non-hydrogen) atoms. The molecule has 2 heteroatoms. The van der Waals surface area contributed by atoms with Crippen LogP contribution in [0.5, 0.6) is 0 Å². The Morgan fingerprint density at radius 1 is 0.905 bits per heavy atom. The number of rotatable bonds is 8. The molecule has 0 aromatic heterocycles. The van der Waals surface area contributed by atoms with E-state index in [0.717, 1.165) is 29.7 Å². The molecule has 2 atom stereocenters. The first-order chi connectivity index (χ1) is 10.3. The van der Waals surface area contributed by atoms with E-state index in [1.54, 1.807) is 19.3 Å². The fourth-order valence-corrected chi connectivity index (χ4v) is 4.80.